The van der Waals surface area contributed by atoms with E-state index in [2.05, 4.69) is 18.3 Å². The van der Waals surface area contributed by atoms with Crippen LogP contribution in [0.25, 0.3) is 27.9 Å². The number of hydrogen-bond donors (Lipinski definition) is 2. The van der Waals surface area contributed by atoms with Gasteiger partial charge in [0.15, 0.2) is 0 Å². The van der Waals surface area contributed by atoms with E-state index in [0.29, 0.717) is 46.0 Å². The fourth-order valence-electron chi connectivity index (χ4n) is 4.71. The summed E-state index contributed by atoms with van der Waals surface area (Å²) < 4.78 is 47.5. The zero-order valence-electron chi connectivity index (χ0n) is 22.0. The zero-order chi connectivity index (χ0) is 26.9. The van der Waals surface area contributed by atoms with E-state index in [-0.39, 0.29) is 11.7 Å². The summed E-state index contributed by atoms with van der Waals surface area (Å²) in [6.07, 6.45) is 7.90. The second kappa shape index (κ2) is 10.8. The van der Waals surface area contributed by atoms with Crippen LogP contribution in [0.5, 0.6) is 0 Å². The van der Waals surface area contributed by atoms with E-state index in [1.165, 1.54) is 22.7 Å². The van der Waals surface area contributed by atoms with E-state index in [0.717, 1.165) is 24.0 Å². The first kappa shape index (κ1) is 27.1. The Morgan fingerprint density at radius 3 is 2.54 bits per heavy atom. The largest absolute Gasteiger partial charge is 0.456 e. The first-order valence-corrected chi connectivity index (χ1v) is 14.4. The predicted molar refractivity (Wildman–Crippen MR) is 148 cm³/mol. The van der Waals surface area contributed by atoms with Gasteiger partial charge in [-0.05, 0) is 61.2 Å². The van der Waals surface area contributed by atoms with Gasteiger partial charge in [0.1, 0.15) is 23.4 Å². The second-order valence-corrected chi connectivity index (χ2v) is 11.9. The Labute approximate surface area is 218 Å². The molecule has 3 atom stereocenters. The average molecular weight is 527 g/mol. The van der Waals surface area contributed by atoms with Gasteiger partial charge in [-0.2, -0.15) is 0 Å². The molecule has 1 aromatic heterocycles. The molecule has 198 valence electrons. The molecule has 8 heteroatoms. The van der Waals surface area contributed by atoms with Gasteiger partial charge < -0.3 is 9.52 Å². The van der Waals surface area contributed by atoms with Crippen molar-refractivity contribution >= 4 is 32.3 Å². The fraction of sp³-hybridized carbons (Fsp3) is 0.379. The van der Waals surface area contributed by atoms with Crippen molar-refractivity contribution in [2.75, 3.05) is 24.2 Å². The number of halogens is 1. The van der Waals surface area contributed by atoms with E-state index in [4.69, 9.17) is 4.42 Å². The maximum absolute atomic E-state index is 13.6. The summed E-state index contributed by atoms with van der Waals surface area (Å²) >= 11 is 0. The first-order valence-electron chi connectivity index (χ1n) is 12.6. The molecule has 0 bridgehead atoms. The van der Waals surface area contributed by atoms with Crippen LogP contribution in [-0.2, 0) is 10.0 Å². The lowest BCUT2D eigenvalue weighted by Crippen LogP contribution is -2.34. The highest BCUT2D eigenvalue weighted by molar-refractivity contribution is 7.92. The number of sulfonamides is 1. The van der Waals surface area contributed by atoms with Gasteiger partial charge in [-0.3, -0.25) is 9.62 Å². The number of hydrogen-bond acceptors (Lipinski definition) is 5. The first-order chi connectivity index (χ1) is 17.5. The van der Waals surface area contributed by atoms with Gasteiger partial charge in [-0.15, -0.1) is 0 Å². The summed E-state index contributed by atoms with van der Waals surface area (Å²) in [7, 11) is -1.96. The molecule has 3 aromatic rings. The molecule has 0 saturated carbocycles. The van der Waals surface area contributed by atoms with Crippen LogP contribution in [0.2, 0.25) is 0 Å². The molecule has 1 heterocycles. The molecular weight excluding hydrogens is 491 g/mol. The van der Waals surface area contributed by atoms with Crippen LogP contribution in [0.1, 0.15) is 51.0 Å². The molecule has 0 aliphatic heterocycles. The minimum atomic E-state index is -3.60. The maximum atomic E-state index is 13.6. The molecule has 4 rings (SSSR count). The van der Waals surface area contributed by atoms with Gasteiger partial charge in [0.05, 0.1) is 11.9 Å². The lowest BCUT2D eigenvalue weighted by atomic mass is 9.89. The second-order valence-electron chi connectivity index (χ2n) is 9.97. The van der Waals surface area contributed by atoms with Crippen molar-refractivity contribution < 1.29 is 22.3 Å². The number of rotatable bonds is 9. The van der Waals surface area contributed by atoms with Crippen LogP contribution in [0, 0.1) is 17.7 Å². The number of furan rings is 1. The molecule has 2 N–H and O–H groups in total. The average Bonchev–Trinajstić information content (AvgIpc) is 3.24. The van der Waals surface area contributed by atoms with Crippen molar-refractivity contribution in [2.45, 2.75) is 39.8 Å². The maximum Gasteiger partial charge on any atom is 0.232 e. The molecule has 0 fully saturated rings. The Morgan fingerprint density at radius 2 is 1.95 bits per heavy atom. The Hall–Kier alpha value is -2.94. The quantitative estimate of drug-likeness (QED) is 0.323. The third-order valence-electron chi connectivity index (χ3n) is 6.97. The van der Waals surface area contributed by atoms with Gasteiger partial charge in [-0.1, -0.05) is 45.4 Å². The van der Waals surface area contributed by atoms with Gasteiger partial charge in [0.25, 0.3) is 0 Å². The summed E-state index contributed by atoms with van der Waals surface area (Å²) in [4.78, 5) is 0. The summed E-state index contributed by atoms with van der Waals surface area (Å²) in [5, 5.41) is 14.5. The lowest BCUT2D eigenvalue weighted by Gasteiger charge is -2.29. The number of anilines is 1. The van der Waals surface area contributed by atoms with Gasteiger partial charge >= 0.3 is 0 Å². The smallest absolute Gasteiger partial charge is 0.232 e. The van der Waals surface area contributed by atoms with Crippen molar-refractivity contribution in [3.05, 3.63) is 71.6 Å². The number of nitrogens with zero attached hydrogens (tertiary/aromatic N) is 1. The summed E-state index contributed by atoms with van der Waals surface area (Å²) in [6, 6.07) is 9.56. The molecule has 0 radical (unpaired) electrons. The van der Waals surface area contributed by atoms with E-state index in [1.54, 1.807) is 25.2 Å². The van der Waals surface area contributed by atoms with Crippen LogP contribution < -0.4 is 9.62 Å². The highest BCUT2D eigenvalue weighted by atomic mass is 32.2. The molecule has 1 aliphatic rings. The zero-order valence-corrected chi connectivity index (χ0v) is 22.8. The number of benzene rings is 2. The van der Waals surface area contributed by atoms with E-state index < -0.39 is 16.3 Å². The summed E-state index contributed by atoms with van der Waals surface area (Å²) in [6.45, 7) is 6.53. The number of fused-ring (bicyclic) bond motifs is 1. The fourth-order valence-corrected chi connectivity index (χ4v) is 5.75. The van der Waals surface area contributed by atoms with Crippen molar-refractivity contribution in [3.63, 3.8) is 0 Å². The third kappa shape index (κ3) is 5.66. The Bertz CT molecular complexity index is 1440. The highest BCUT2D eigenvalue weighted by Crippen LogP contribution is 2.43. The van der Waals surface area contributed by atoms with Crippen molar-refractivity contribution in [1.82, 2.24) is 5.32 Å². The van der Waals surface area contributed by atoms with Crippen LogP contribution in [0.3, 0.4) is 0 Å². The van der Waals surface area contributed by atoms with Crippen LogP contribution in [-0.4, -0.2) is 33.4 Å². The van der Waals surface area contributed by atoms with E-state index in [9.17, 15) is 17.9 Å². The predicted octanol–water partition coefficient (Wildman–Crippen LogP) is 6.24. The summed E-state index contributed by atoms with van der Waals surface area (Å²) in [5.41, 5.74) is 3.92. The van der Waals surface area contributed by atoms with Crippen molar-refractivity contribution in [1.29, 1.82) is 0 Å². The number of aliphatic hydroxyl groups is 1. The molecule has 37 heavy (non-hydrogen) atoms. The summed E-state index contributed by atoms with van der Waals surface area (Å²) in [5.74, 6) is 0.468. The third-order valence-corrected chi connectivity index (χ3v) is 8.11. The topological polar surface area (TPSA) is 82.8 Å². The Morgan fingerprint density at radius 1 is 1.24 bits per heavy atom. The van der Waals surface area contributed by atoms with Crippen molar-refractivity contribution in [3.8, 4) is 11.3 Å². The van der Waals surface area contributed by atoms with E-state index >= 15 is 0 Å². The molecule has 2 aromatic carbocycles. The molecule has 6 nitrogen and oxygen atoms in total. The van der Waals surface area contributed by atoms with Crippen LogP contribution >= 0.6 is 0 Å². The van der Waals surface area contributed by atoms with Crippen molar-refractivity contribution in [2.24, 2.45) is 11.8 Å². The van der Waals surface area contributed by atoms with Crippen LogP contribution in [0.4, 0.5) is 10.1 Å². The van der Waals surface area contributed by atoms with Gasteiger partial charge in [-0.25, -0.2) is 12.8 Å². The van der Waals surface area contributed by atoms with Crippen LogP contribution in [0.15, 0.2) is 59.0 Å². The van der Waals surface area contributed by atoms with E-state index in [1.807, 2.05) is 32.1 Å². The molecule has 1 aliphatic carbocycles. The number of allylic oxidation sites excluding steroid dienone is 4. The SMILES string of the molecule is CCC(C)CN(c1cc2oc(-c3ccc(F)cc3)c(C(O)NC)c2cc1C1=CC=CC(C)C1)S(C)(=O)=O. The molecular formula is C29H35FN2O4S. The number of nitrogens with one attached hydrogen (secondary N) is 1. The Balaban J connectivity index is 2.04. The normalized spacial score (nSPS) is 17.6. The standard InChI is InChI=1S/C29H35FN2O4S/c1-6-18(2)17-32(37(5,34)35)25-16-26-24(15-23(25)21-9-7-8-19(3)14-21)27(29(33)31-4)28(36-26)20-10-12-22(30)13-11-20/h7-13,15-16,18-19,29,31,33H,6,14,17H2,1-5H3. The molecule has 0 amide bonds. The van der Waals surface area contributed by atoms with Gasteiger partial charge in [0, 0.05) is 34.7 Å². The lowest BCUT2D eigenvalue weighted by molar-refractivity contribution is 0.150. The minimum Gasteiger partial charge on any atom is -0.456 e. The minimum absolute atomic E-state index is 0.144. The highest BCUT2D eigenvalue weighted by Gasteiger charge is 2.29. The Kier molecular flexibility index (Phi) is 7.92. The molecule has 0 spiro atoms. The monoisotopic (exact) mass is 526 g/mol. The van der Waals surface area contributed by atoms with Gasteiger partial charge in [0.2, 0.25) is 10.0 Å². The molecule has 3 unspecified atom stereocenters. The molecule has 0 saturated heterocycles. The number of aliphatic hydroxyl groups excluding tert-OH is 1.